The molecule has 0 atom stereocenters. The van der Waals surface area contributed by atoms with E-state index >= 15 is 0 Å². The lowest BCUT2D eigenvalue weighted by Crippen LogP contribution is -2.43. The van der Waals surface area contributed by atoms with E-state index in [9.17, 15) is 4.79 Å². The highest BCUT2D eigenvalue weighted by Crippen LogP contribution is 2.23. The van der Waals surface area contributed by atoms with E-state index in [1.54, 1.807) is 17.1 Å². The summed E-state index contributed by atoms with van der Waals surface area (Å²) in [4.78, 5) is 16.3. The summed E-state index contributed by atoms with van der Waals surface area (Å²) < 4.78 is 1.68. The van der Waals surface area contributed by atoms with E-state index in [-0.39, 0.29) is 18.7 Å². The summed E-state index contributed by atoms with van der Waals surface area (Å²) >= 11 is 0. The number of nitrogens with zero attached hydrogens (tertiary/aromatic N) is 3. The molecule has 3 rings (SSSR count). The summed E-state index contributed by atoms with van der Waals surface area (Å²) in [7, 11) is 0. The van der Waals surface area contributed by atoms with Crippen molar-refractivity contribution in [1.82, 2.24) is 25.4 Å². The largest absolute Gasteiger partial charge is 0.396 e. The number of nitrogens with one attached hydrogen (secondary N) is 2. The lowest BCUT2D eigenvalue weighted by Gasteiger charge is -2.27. The Labute approximate surface area is 141 Å². The van der Waals surface area contributed by atoms with Gasteiger partial charge in [0.15, 0.2) is 5.82 Å². The first kappa shape index (κ1) is 16.4. The van der Waals surface area contributed by atoms with Gasteiger partial charge in [-0.2, -0.15) is 5.10 Å². The Balaban J connectivity index is 1.47. The van der Waals surface area contributed by atoms with Gasteiger partial charge in [-0.25, -0.2) is 14.5 Å². The van der Waals surface area contributed by atoms with E-state index in [0.717, 1.165) is 37.1 Å². The number of pyridine rings is 1. The summed E-state index contributed by atoms with van der Waals surface area (Å²) in [6.45, 7) is 0.689. The molecule has 1 fully saturated rings. The molecule has 2 amide bonds. The topological polar surface area (TPSA) is 92.1 Å². The van der Waals surface area contributed by atoms with Gasteiger partial charge in [0.1, 0.15) is 0 Å². The van der Waals surface area contributed by atoms with Crippen molar-refractivity contribution >= 4 is 6.03 Å². The van der Waals surface area contributed by atoms with Crippen LogP contribution < -0.4 is 10.6 Å². The van der Waals surface area contributed by atoms with Crippen molar-refractivity contribution in [3.63, 3.8) is 0 Å². The Morgan fingerprint density at radius 2 is 2.12 bits per heavy atom. The van der Waals surface area contributed by atoms with Crippen LogP contribution in [0.3, 0.4) is 0 Å². The molecular formula is C17H23N5O2. The van der Waals surface area contributed by atoms with Crippen LogP contribution in [-0.4, -0.2) is 38.6 Å². The number of urea groups is 1. The number of rotatable bonds is 5. The van der Waals surface area contributed by atoms with E-state index < -0.39 is 0 Å². The van der Waals surface area contributed by atoms with Gasteiger partial charge in [-0.3, -0.25) is 0 Å². The molecule has 0 aliphatic heterocycles. The first-order valence-corrected chi connectivity index (χ1v) is 8.35. The number of carbonyl (C=O) groups is 1. The molecule has 128 valence electrons. The SMILES string of the molecule is O=C(NCc1ccnc(-n2cccn2)c1)NC1CCC(CO)CC1. The van der Waals surface area contributed by atoms with E-state index in [1.165, 1.54) is 0 Å². The lowest BCUT2D eigenvalue weighted by molar-refractivity contribution is 0.174. The molecule has 7 nitrogen and oxygen atoms in total. The molecule has 0 bridgehead atoms. The third-order valence-electron chi connectivity index (χ3n) is 4.44. The summed E-state index contributed by atoms with van der Waals surface area (Å²) in [5.74, 6) is 1.12. The molecule has 0 radical (unpaired) electrons. The van der Waals surface area contributed by atoms with Crippen molar-refractivity contribution in [2.75, 3.05) is 6.61 Å². The number of carbonyl (C=O) groups excluding carboxylic acids is 1. The molecule has 24 heavy (non-hydrogen) atoms. The fourth-order valence-electron chi connectivity index (χ4n) is 3.01. The zero-order chi connectivity index (χ0) is 16.8. The van der Waals surface area contributed by atoms with Crippen molar-refractivity contribution < 1.29 is 9.90 Å². The first-order valence-electron chi connectivity index (χ1n) is 8.35. The Bertz CT molecular complexity index is 651. The van der Waals surface area contributed by atoms with Gasteiger partial charge in [0.05, 0.1) is 0 Å². The van der Waals surface area contributed by atoms with Gasteiger partial charge in [0.2, 0.25) is 0 Å². The monoisotopic (exact) mass is 329 g/mol. The summed E-state index contributed by atoms with van der Waals surface area (Å²) in [5.41, 5.74) is 0.967. The van der Waals surface area contributed by atoms with Gasteiger partial charge in [-0.15, -0.1) is 0 Å². The van der Waals surface area contributed by atoms with E-state index in [1.807, 2.05) is 24.4 Å². The molecule has 3 N–H and O–H groups in total. The van der Waals surface area contributed by atoms with Crippen LogP contribution in [0.5, 0.6) is 0 Å². The van der Waals surface area contributed by atoms with Crippen LogP contribution in [0.1, 0.15) is 31.2 Å². The van der Waals surface area contributed by atoms with Crippen molar-refractivity contribution in [1.29, 1.82) is 0 Å². The van der Waals surface area contributed by atoms with Gasteiger partial charge >= 0.3 is 6.03 Å². The van der Waals surface area contributed by atoms with Gasteiger partial charge in [0, 0.05) is 37.8 Å². The van der Waals surface area contributed by atoms with E-state index in [0.29, 0.717) is 12.5 Å². The van der Waals surface area contributed by atoms with Crippen LogP contribution in [0, 0.1) is 5.92 Å². The number of hydrogen-bond acceptors (Lipinski definition) is 4. The normalized spacial score (nSPS) is 20.5. The van der Waals surface area contributed by atoms with Crippen LogP contribution in [0.15, 0.2) is 36.8 Å². The van der Waals surface area contributed by atoms with Gasteiger partial charge in [-0.05, 0) is 55.4 Å². The van der Waals surface area contributed by atoms with Gasteiger partial charge in [-0.1, -0.05) is 0 Å². The second-order valence-electron chi connectivity index (χ2n) is 6.20. The maximum atomic E-state index is 12.0. The summed E-state index contributed by atoms with van der Waals surface area (Å²) in [6.07, 6.45) is 9.04. The van der Waals surface area contributed by atoms with Crippen molar-refractivity contribution in [2.24, 2.45) is 5.92 Å². The Hall–Kier alpha value is -2.41. The Kier molecular flexibility index (Phi) is 5.43. The van der Waals surface area contributed by atoms with Crippen LogP contribution in [0.4, 0.5) is 4.79 Å². The van der Waals surface area contributed by atoms with E-state index in [2.05, 4.69) is 20.7 Å². The van der Waals surface area contributed by atoms with E-state index in [4.69, 9.17) is 5.11 Å². The molecule has 2 aromatic heterocycles. The second-order valence-corrected chi connectivity index (χ2v) is 6.20. The minimum Gasteiger partial charge on any atom is -0.396 e. The fraction of sp³-hybridized carbons (Fsp3) is 0.471. The smallest absolute Gasteiger partial charge is 0.315 e. The minimum absolute atomic E-state index is 0.153. The summed E-state index contributed by atoms with van der Waals surface area (Å²) in [6, 6.07) is 5.66. The molecule has 7 heteroatoms. The van der Waals surface area contributed by atoms with Crippen LogP contribution in [0.2, 0.25) is 0 Å². The molecule has 2 aromatic rings. The zero-order valence-electron chi connectivity index (χ0n) is 13.6. The lowest BCUT2D eigenvalue weighted by atomic mass is 9.87. The average Bonchev–Trinajstić information content (AvgIpc) is 3.16. The Morgan fingerprint density at radius 3 is 2.83 bits per heavy atom. The van der Waals surface area contributed by atoms with Crippen LogP contribution in [0.25, 0.3) is 5.82 Å². The van der Waals surface area contributed by atoms with Gasteiger partial charge < -0.3 is 15.7 Å². The molecule has 0 saturated heterocycles. The molecular weight excluding hydrogens is 306 g/mol. The molecule has 0 aromatic carbocycles. The number of aromatic nitrogens is 3. The third kappa shape index (κ3) is 4.32. The van der Waals surface area contributed by atoms with Crippen molar-refractivity contribution in [3.8, 4) is 5.82 Å². The number of hydrogen-bond donors (Lipinski definition) is 3. The van der Waals surface area contributed by atoms with Gasteiger partial charge in [0.25, 0.3) is 0 Å². The summed E-state index contributed by atoms with van der Waals surface area (Å²) in [5, 5.41) is 19.2. The maximum Gasteiger partial charge on any atom is 0.315 e. The highest BCUT2D eigenvalue weighted by atomic mass is 16.3. The predicted octanol–water partition coefficient (Wildman–Crippen LogP) is 1.62. The second kappa shape index (κ2) is 7.92. The predicted molar refractivity (Wildman–Crippen MR) is 89.6 cm³/mol. The van der Waals surface area contributed by atoms with Crippen LogP contribution in [-0.2, 0) is 6.54 Å². The number of aliphatic hydroxyl groups is 1. The molecule has 0 spiro atoms. The molecule has 0 unspecified atom stereocenters. The standard InChI is InChI=1S/C17H23N5O2/c23-12-13-2-4-15(5-3-13)21-17(24)19-11-14-6-8-18-16(10-14)22-9-1-7-20-22/h1,6-10,13,15,23H,2-5,11-12H2,(H2,19,21,24). The molecule has 1 aliphatic rings. The van der Waals surface area contributed by atoms with Crippen molar-refractivity contribution in [3.05, 3.63) is 42.4 Å². The Morgan fingerprint density at radius 1 is 1.29 bits per heavy atom. The zero-order valence-corrected chi connectivity index (χ0v) is 13.6. The van der Waals surface area contributed by atoms with Crippen LogP contribution >= 0.6 is 0 Å². The average molecular weight is 329 g/mol. The number of aliphatic hydroxyl groups excluding tert-OH is 1. The molecule has 1 aliphatic carbocycles. The highest BCUT2D eigenvalue weighted by Gasteiger charge is 2.21. The first-order chi connectivity index (χ1) is 11.7. The quantitative estimate of drug-likeness (QED) is 0.777. The maximum absolute atomic E-state index is 12.0. The minimum atomic E-state index is -0.153. The third-order valence-corrected chi connectivity index (χ3v) is 4.44. The number of amides is 2. The molecule has 2 heterocycles. The highest BCUT2D eigenvalue weighted by molar-refractivity contribution is 5.74. The molecule has 1 saturated carbocycles. The van der Waals surface area contributed by atoms with Crippen molar-refractivity contribution in [2.45, 2.75) is 38.3 Å². The fourth-order valence-corrected chi connectivity index (χ4v) is 3.01.